The first-order valence-electron chi connectivity index (χ1n) is 5.75. The van der Waals surface area contributed by atoms with Gasteiger partial charge in [0, 0.05) is 26.3 Å². The van der Waals surface area contributed by atoms with E-state index in [2.05, 4.69) is 15.3 Å². The monoisotopic (exact) mass is 252 g/mol. The van der Waals surface area contributed by atoms with Crippen molar-refractivity contribution in [2.45, 2.75) is 6.61 Å². The fraction of sp³-hybridized carbons (Fsp3) is 0.545. The highest BCUT2D eigenvalue weighted by Gasteiger charge is 2.20. The van der Waals surface area contributed by atoms with Gasteiger partial charge in [0.15, 0.2) is 0 Å². The molecule has 1 aliphatic heterocycles. The number of nitrogens with zero attached hydrogens (tertiary/aromatic N) is 3. The minimum Gasteiger partial charge on any atom is -0.448 e. The molecule has 0 aromatic carbocycles. The van der Waals surface area contributed by atoms with E-state index in [9.17, 15) is 4.79 Å². The van der Waals surface area contributed by atoms with Gasteiger partial charge in [-0.2, -0.15) is 0 Å². The molecule has 1 N–H and O–H groups in total. The standard InChI is InChI=1S/C11H16N4O3/c1-17-7-9-6-10(14-8-13-9)12-2-3-15-4-5-18-11(15)16/h6,8H,2-5,7H2,1H3,(H,12,13,14). The molecule has 0 unspecified atom stereocenters. The maximum absolute atomic E-state index is 11.2. The van der Waals surface area contributed by atoms with Gasteiger partial charge in [-0.05, 0) is 0 Å². The molecule has 0 atom stereocenters. The van der Waals surface area contributed by atoms with E-state index in [1.807, 2.05) is 6.07 Å². The van der Waals surface area contributed by atoms with Gasteiger partial charge in [-0.3, -0.25) is 0 Å². The summed E-state index contributed by atoms with van der Waals surface area (Å²) < 4.78 is 9.83. The van der Waals surface area contributed by atoms with Crippen molar-refractivity contribution in [3.63, 3.8) is 0 Å². The number of aromatic nitrogens is 2. The number of amides is 1. The Kier molecular flexibility index (Phi) is 4.30. The topological polar surface area (TPSA) is 76.6 Å². The summed E-state index contributed by atoms with van der Waals surface area (Å²) in [6, 6.07) is 1.83. The number of anilines is 1. The summed E-state index contributed by atoms with van der Waals surface area (Å²) in [7, 11) is 1.62. The molecule has 2 rings (SSSR count). The molecule has 98 valence electrons. The molecule has 1 fully saturated rings. The molecule has 0 radical (unpaired) electrons. The van der Waals surface area contributed by atoms with E-state index < -0.39 is 0 Å². The fourth-order valence-electron chi connectivity index (χ4n) is 1.67. The summed E-state index contributed by atoms with van der Waals surface area (Å²) in [5.74, 6) is 0.726. The van der Waals surface area contributed by atoms with Gasteiger partial charge >= 0.3 is 6.09 Å². The third-order valence-corrected chi connectivity index (χ3v) is 2.55. The van der Waals surface area contributed by atoms with E-state index in [4.69, 9.17) is 9.47 Å². The number of methoxy groups -OCH3 is 1. The molecule has 18 heavy (non-hydrogen) atoms. The van der Waals surface area contributed by atoms with Gasteiger partial charge in [-0.1, -0.05) is 0 Å². The summed E-state index contributed by atoms with van der Waals surface area (Å²) in [4.78, 5) is 21.0. The fourth-order valence-corrected chi connectivity index (χ4v) is 1.67. The first-order valence-corrected chi connectivity index (χ1v) is 5.75. The molecule has 1 aliphatic rings. The van der Waals surface area contributed by atoms with Gasteiger partial charge in [0.25, 0.3) is 0 Å². The smallest absolute Gasteiger partial charge is 0.409 e. The normalized spacial score (nSPS) is 14.7. The first-order chi connectivity index (χ1) is 8.79. The number of carbonyl (C=O) groups excluding carboxylic acids is 1. The van der Waals surface area contributed by atoms with Gasteiger partial charge in [0.05, 0.1) is 18.8 Å². The van der Waals surface area contributed by atoms with Crippen LogP contribution in [0.25, 0.3) is 0 Å². The maximum atomic E-state index is 11.2. The van der Waals surface area contributed by atoms with E-state index in [-0.39, 0.29) is 6.09 Å². The zero-order valence-corrected chi connectivity index (χ0v) is 10.3. The second-order valence-electron chi connectivity index (χ2n) is 3.86. The molecule has 0 aliphatic carbocycles. The lowest BCUT2D eigenvalue weighted by molar-refractivity contribution is 0.159. The first kappa shape index (κ1) is 12.6. The number of nitrogens with one attached hydrogen (secondary N) is 1. The lowest BCUT2D eigenvalue weighted by Gasteiger charge is -2.13. The number of hydrogen-bond acceptors (Lipinski definition) is 6. The van der Waals surface area contributed by atoms with Crippen LogP contribution in [0.1, 0.15) is 5.69 Å². The van der Waals surface area contributed by atoms with Crippen LogP contribution >= 0.6 is 0 Å². The Morgan fingerprint density at radius 3 is 3.17 bits per heavy atom. The second kappa shape index (κ2) is 6.15. The highest BCUT2D eigenvalue weighted by molar-refractivity contribution is 5.69. The average Bonchev–Trinajstić information content (AvgIpc) is 2.76. The van der Waals surface area contributed by atoms with E-state index in [1.165, 1.54) is 6.33 Å². The van der Waals surface area contributed by atoms with Crippen LogP contribution in [0.2, 0.25) is 0 Å². The molecule has 1 saturated heterocycles. The molecule has 2 heterocycles. The van der Waals surface area contributed by atoms with Crippen molar-refractivity contribution < 1.29 is 14.3 Å². The number of rotatable bonds is 6. The molecule has 0 spiro atoms. The molecule has 7 heteroatoms. The van der Waals surface area contributed by atoms with Crippen molar-refractivity contribution >= 4 is 11.9 Å². The van der Waals surface area contributed by atoms with Crippen molar-refractivity contribution in [3.8, 4) is 0 Å². The third kappa shape index (κ3) is 3.30. The Bertz CT molecular complexity index is 413. The van der Waals surface area contributed by atoms with Crippen molar-refractivity contribution in [3.05, 3.63) is 18.1 Å². The van der Waals surface area contributed by atoms with E-state index in [0.29, 0.717) is 32.8 Å². The molecule has 0 saturated carbocycles. The van der Waals surface area contributed by atoms with Gasteiger partial charge in [0.1, 0.15) is 18.8 Å². The molecule has 0 bridgehead atoms. The van der Waals surface area contributed by atoms with Crippen LogP contribution in [-0.4, -0.2) is 54.3 Å². The Labute approximate surface area is 105 Å². The van der Waals surface area contributed by atoms with Crippen molar-refractivity contribution in [2.24, 2.45) is 0 Å². The Morgan fingerprint density at radius 2 is 2.44 bits per heavy atom. The van der Waals surface area contributed by atoms with Crippen LogP contribution in [0.5, 0.6) is 0 Å². The van der Waals surface area contributed by atoms with Crippen LogP contribution < -0.4 is 5.32 Å². The van der Waals surface area contributed by atoms with Crippen molar-refractivity contribution in [1.29, 1.82) is 0 Å². The number of carbonyl (C=O) groups is 1. The maximum Gasteiger partial charge on any atom is 0.409 e. The predicted octanol–water partition coefficient (Wildman–Crippen LogP) is 0.487. The zero-order chi connectivity index (χ0) is 12.8. The SMILES string of the molecule is COCc1cc(NCCN2CCOC2=O)ncn1. The van der Waals surface area contributed by atoms with Gasteiger partial charge in [-0.15, -0.1) is 0 Å². The van der Waals surface area contributed by atoms with Crippen molar-refractivity contribution in [1.82, 2.24) is 14.9 Å². The van der Waals surface area contributed by atoms with Gasteiger partial charge < -0.3 is 19.7 Å². The van der Waals surface area contributed by atoms with E-state index >= 15 is 0 Å². The Morgan fingerprint density at radius 1 is 1.56 bits per heavy atom. The Hall–Kier alpha value is -1.89. The van der Waals surface area contributed by atoms with Crippen LogP contribution in [0.15, 0.2) is 12.4 Å². The van der Waals surface area contributed by atoms with Gasteiger partial charge in [0.2, 0.25) is 0 Å². The molecular formula is C11H16N4O3. The number of ether oxygens (including phenoxy) is 2. The van der Waals surface area contributed by atoms with Gasteiger partial charge in [-0.25, -0.2) is 14.8 Å². The second-order valence-corrected chi connectivity index (χ2v) is 3.86. The summed E-state index contributed by atoms with van der Waals surface area (Å²) >= 11 is 0. The highest BCUT2D eigenvalue weighted by Crippen LogP contribution is 2.06. The minimum absolute atomic E-state index is 0.250. The summed E-state index contributed by atoms with van der Waals surface area (Å²) in [5, 5.41) is 3.13. The van der Waals surface area contributed by atoms with Crippen LogP contribution in [-0.2, 0) is 16.1 Å². The van der Waals surface area contributed by atoms with Crippen LogP contribution in [0.4, 0.5) is 10.6 Å². The zero-order valence-electron chi connectivity index (χ0n) is 10.3. The summed E-state index contributed by atoms with van der Waals surface area (Å²) in [6.07, 6.45) is 1.24. The summed E-state index contributed by atoms with van der Waals surface area (Å²) in [5.41, 5.74) is 0.815. The van der Waals surface area contributed by atoms with E-state index in [1.54, 1.807) is 12.0 Å². The van der Waals surface area contributed by atoms with E-state index in [0.717, 1.165) is 11.5 Å². The minimum atomic E-state index is -0.250. The van der Waals surface area contributed by atoms with Crippen LogP contribution in [0, 0.1) is 0 Å². The van der Waals surface area contributed by atoms with Crippen molar-refractivity contribution in [2.75, 3.05) is 38.7 Å². The Balaban J connectivity index is 1.79. The molecule has 7 nitrogen and oxygen atoms in total. The molecule has 1 aromatic rings. The molecule has 1 amide bonds. The predicted molar refractivity (Wildman–Crippen MR) is 64.2 cm³/mol. The largest absolute Gasteiger partial charge is 0.448 e. The highest BCUT2D eigenvalue weighted by atomic mass is 16.6. The molecular weight excluding hydrogens is 236 g/mol. The van der Waals surface area contributed by atoms with Crippen LogP contribution in [0.3, 0.4) is 0 Å². The molecule has 1 aromatic heterocycles. The lowest BCUT2D eigenvalue weighted by Crippen LogP contribution is -2.29. The average molecular weight is 252 g/mol. The quantitative estimate of drug-likeness (QED) is 0.794. The number of cyclic esters (lactones) is 1. The summed E-state index contributed by atoms with van der Waals surface area (Å²) in [6.45, 7) is 2.81. The lowest BCUT2D eigenvalue weighted by atomic mass is 10.4. The third-order valence-electron chi connectivity index (χ3n) is 2.55. The number of hydrogen-bond donors (Lipinski definition) is 1.